The van der Waals surface area contributed by atoms with Crippen LogP contribution in [0.2, 0.25) is 5.02 Å². The van der Waals surface area contributed by atoms with E-state index in [0.29, 0.717) is 6.42 Å². The van der Waals surface area contributed by atoms with Gasteiger partial charge < -0.3 is 5.73 Å². The summed E-state index contributed by atoms with van der Waals surface area (Å²) < 4.78 is 13.3. The normalized spacial score (nSPS) is 12.7. The van der Waals surface area contributed by atoms with Gasteiger partial charge in [-0.05, 0) is 37.1 Å². The Bertz CT molecular complexity index is 524. The van der Waals surface area contributed by atoms with Crippen molar-refractivity contribution in [3.05, 3.63) is 56.5 Å². The second-order valence-electron chi connectivity index (χ2n) is 3.97. The molecular formula is C13H13ClFNS. The second kappa shape index (κ2) is 5.17. The lowest BCUT2D eigenvalue weighted by molar-refractivity contribution is 0.623. The minimum absolute atomic E-state index is 0.131. The molecule has 0 bridgehead atoms. The highest BCUT2D eigenvalue weighted by Gasteiger charge is 2.13. The second-order valence-corrected chi connectivity index (χ2v) is 5.67. The number of thiophene rings is 1. The number of hydrogen-bond acceptors (Lipinski definition) is 2. The summed E-state index contributed by atoms with van der Waals surface area (Å²) in [6.45, 7) is 2.04. The van der Waals surface area contributed by atoms with Gasteiger partial charge in [-0.2, -0.15) is 0 Å². The molecule has 1 heterocycles. The Morgan fingerprint density at radius 1 is 1.35 bits per heavy atom. The van der Waals surface area contributed by atoms with Crippen LogP contribution >= 0.6 is 22.9 Å². The van der Waals surface area contributed by atoms with E-state index in [0.717, 1.165) is 10.4 Å². The van der Waals surface area contributed by atoms with Gasteiger partial charge in [0.2, 0.25) is 0 Å². The third kappa shape index (κ3) is 2.86. The fourth-order valence-corrected chi connectivity index (χ4v) is 2.78. The lowest BCUT2D eigenvalue weighted by atomic mass is 10.1. The van der Waals surface area contributed by atoms with Gasteiger partial charge in [0.05, 0.1) is 5.02 Å². The van der Waals surface area contributed by atoms with E-state index in [2.05, 4.69) is 0 Å². The number of hydrogen-bond donors (Lipinski definition) is 1. The fraction of sp³-hybridized carbons (Fsp3) is 0.231. The van der Waals surface area contributed by atoms with Crippen LogP contribution in [0.4, 0.5) is 4.39 Å². The molecule has 0 aliphatic carbocycles. The van der Waals surface area contributed by atoms with E-state index in [4.69, 9.17) is 17.3 Å². The van der Waals surface area contributed by atoms with Crippen LogP contribution in [0, 0.1) is 12.7 Å². The molecule has 0 fully saturated rings. The van der Waals surface area contributed by atoms with Crippen LogP contribution in [0.3, 0.4) is 0 Å². The number of aryl methyl sites for hydroxylation is 1. The monoisotopic (exact) mass is 269 g/mol. The van der Waals surface area contributed by atoms with E-state index in [1.165, 1.54) is 10.9 Å². The molecule has 90 valence electrons. The van der Waals surface area contributed by atoms with Crippen molar-refractivity contribution in [1.29, 1.82) is 0 Å². The first-order valence-corrected chi connectivity index (χ1v) is 6.52. The highest BCUT2D eigenvalue weighted by Crippen LogP contribution is 2.27. The van der Waals surface area contributed by atoms with Crippen molar-refractivity contribution < 1.29 is 4.39 Å². The topological polar surface area (TPSA) is 26.0 Å². The molecular weight excluding hydrogens is 257 g/mol. The predicted molar refractivity (Wildman–Crippen MR) is 71.1 cm³/mol. The first kappa shape index (κ1) is 12.6. The molecule has 4 heteroatoms. The number of nitrogens with two attached hydrogens (primary N) is 1. The van der Waals surface area contributed by atoms with Gasteiger partial charge in [0.25, 0.3) is 0 Å². The number of benzene rings is 1. The van der Waals surface area contributed by atoms with Gasteiger partial charge in [-0.3, -0.25) is 0 Å². The van der Waals surface area contributed by atoms with Gasteiger partial charge >= 0.3 is 0 Å². The summed E-state index contributed by atoms with van der Waals surface area (Å²) in [7, 11) is 0. The van der Waals surface area contributed by atoms with Crippen LogP contribution in [-0.4, -0.2) is 0 Å². The van der Waals surface area contributed by atoms with Crippen molar-refractivity contribution in [2.75, 3.05) is 0 Å². The molecule has 1 atom stereocenters. The Kier molecular flexibility index (Phi) is 3.82. The zero-order valence-corrected chi connectivity index (χ0v) is 11.0. The molecule has 1 unspecified atom stereocenters. The van der Waals surface area contributed by atoms with E-state index in [1.54, 1.807) is 17.4 Å². The Labute approximate surface area is 109 Å². The minimum atomic E-state index is -0.390. The van der Waals surface area contributed by atoms with Crippen LogP contribution in [0.1, 0.15) is 21.4 Å². The maximum absolute atomic E-state index is 13.3. The van der Waals surface area contributed by atoms with Crippen molar-refractivity contribution in [3.8, 4) is 0 Å². The molecule has 0 amide bonds. The summed E-state index contributed by atoms with van der Waals surface area (Å²) in [5.41, 5.74) is 6.84. The predicted octanol–water partition coefficient (Wildman–Crippen LogP) is 4.09. The summed E-state index contributed by atoms with van der Waals surface area (Å²) in [6, 6.07) is 8.74. The van der Waals surface area contributed by atoms with Gasteiger partial charge in [0.15, 0.2) is 0 Å². The summed E-state index contributed by atoms with van der Waals surface area (Å²) >= 11 is 7.57. The van der Waals surface area contributed by atoms with Crippen LogP contribution < -0.4 is 5.73 Å². The SMILES string of the molecule is Cc1ccc(C(N)Cc2cccc(F)c2Cl)s1. The van der Waals surface area contributed by atoms with Gasteiger partial charge in [0.1, 0.15) is 5.82 Å². The minimum Gasteiger partial charge on any atom is -0.323 e. The van der Waals surface area contributed by atoms with Crippen molar-refractivity contribution >= 4 is 22.9 Å². The van der Waals surface area contributed by atoms with Crippen LogP contribution in [0.15, 0.2) is 30.3 Å². The maximum atomic E-state index is 13.3. The molecule has 0 saturated carbocycles. The Morgan fingerprint density at radius 2 is 2.12 bits per heavy atom. The zero-order valence-electron chi connectivity index (χ0n) is 9.41. The molecule has 2 N–H and O–H groups in total. The zero-order chi connectivity index (χ0) is 12.4. The van der Waals surface area contributed by atoms with Crippen LogP contribution in [0.25, 0.3) is 0 Å². The molecule has 1 nitrogen and oxygen atoms in total. The highest BCUT2D eigenvalue weighted by molar-refractivity contribution is 7.12. The molecule has 0 aliphatic heterocycles. The molecule has 0 radical (unpaired) electrons. The summed E-state index contributed by atoms with van der Waals surface area (Å²) in [5, 5.41) is 0.177. The van der Waals surface area contributed by atoms with E-state index < -0.39 is 5.82 Å². The standard InChI is InChI=1S/C13H13ClFNS/c1-8-5-6-12(17-8)11(16)7-9-3-2-4-10(15)13(9)14/h2-6,11H,7,16H2,1H3. The van der Waals surface area contributed by atoms with Crippen molar-refractivity contribution in [2.24, 2.45) is 5.73 Å². The Hall–Kier alpha value is -0.900. The van der Waals surface area contributed by atoms with E-state index in [-0.39, 0.29) is 11.1 Å². The van der Waals surface area contributed by atoms with Crippen LogP contribution in [-0.2, 0) is 6.42 Å². The summed E-state index contributed by atoms with van der Waals surface area (Å²) in [6.07, 6.45) is 0.552. The molecule has 1 aromatic carbocycles. The highest BCUT2D eigenvalue weighted by atomic mass is 35.5. The van der Waals surface area contributed by atoms with Gasteiger partial charge in [-0.25, -0.2) is 4.39 Å². The number of halogens is 2. The van der Waals surface area contributed by atoms with E-state index in [9.17, 15) is 4.39 Å². The largest absolute Gasteiger partial charge is 0.323 e. The lowest BCUT2D eigenvalue weighted by Crippen LogP contribution is -2.12. The summed E-state index contributed by atoms with van der Waals surface area (Å²) in [4.78, 5) is 2.32. The first-order chi connectivity index (χ1) is 8.08. The van der Waals surface area contributed by atoms with Gasteiger partial charge in [-0.1, -0.05) is 23.7 Å². The quantitative estimate of drug-likeness (QED) is 0.892. The van der Waals surface area contributed by atoms with Gasteiger partial charge in [0, 0.05) is 15.8 Å². The Morgan fingerprint density at radius 3 is 2.76 bits per heavy atom. The third-order valence-electron chi connectivity index (χ3n) is 2.60. The smallest absolute Gasteiger partial charge is 0.142 e. The summed E-state index contributed by atoms with van der Waals surface area (Å²) in [5.74, 6) is -0.390. The molecule has 2 aromatic rings. The van der Waals surface area contributed by atoms with Crippen LogP contribution in [0.5, 0.6) is 0 Å². The van der Waals surface area contributed by atoms with Crippen molar-refractivity contribution in [3.63, 3.8) is 0 Å². The van der Waals surface area contributed by atoms with Crippen molar-refractivity contribution in [1.82, 2.24) is 0 Å². The van der Waals surface area contributed by atoms with Gasteiger partial charge in [-0.15, -0.1) is 11.3 Å². The molecule has 0 aliphatic rings. The molecule has 0 spiro atoms. The van der Waals surface area contributed by atoms with E-state index >= 15 is 0 Å². The molecule has 2 rings (SSSR count). The molecule has 1 aromatic heterocycles. The fourth-order valence-electron chi connectivity index (χ4n) is 1.70. The maximum Gasteiger partial charge on any atom is 0.142 e. The number of rotatable bonds is 3. The average molecular weight is 270 g/mol. The van der Waals surface area contributed by atoms with E-state index in [1.807, 2.05) is 25.1 Å². The van der Waals surface area contributed by atoms with Crippen molar-refractivity contribution in [2.45, 2.75) is 19.4 Å². The third-order valence-corrected chi connectivity index (χ3v) is 4.15. The molecule has 17 heavy (non-hydrogen) atoms. The Balaban J connectivity index is 2.18. The molecule has 0 saturated heterocycles. The lowest BCUT2D eigenvalue weighted by Gasteiger charge is -2.11. The first-order valence-electron chi connectivity index (χ1n) is 5.32. The average Bonchev–Trinajstić information content (AvgIpc) is 2.72.